The van der Waals surface area contributed by atoms with Crippen molar-refractivity contribution in [3.8, 4) is 0 Å². The molecule has 1 fully saturated rings. The highest BCUT2D eigenvalue weighted by Gasteiger charge is 2.21. The van der Waals surface area contributed by atoms with Crippen molar-refractivity contribution in [1.82, 2.24) is 10.3 Å². The van der Waals surface area contributed by atoms with E-state index in [0.717, 1.165) is 12.5 Å². The lowest BCUT2D eigenvalue weighted by atomic mass is 10.00. The van der Waals surface area contributed by atoms with Crippen molar-refractivity contribution in [2.75, 3.05) is 0 Å². The Morgan fingerprint density at radius 2 is 2.06 bits per heavy atom. The molecule has 1 aliphatic carbocycles. The van der Waals surface area contributed by atoms with Gasteiger partial charge in [0.1, 0.15) is 5.01 Å². The van der Waals surface area contributed by atoms with Crippen LogP contribution in [0.15, 0.2) is 0 Å². The third-order valence-corrected chi connectivity index (χ3v) is 4.83. The van der Waals surface area contributed by atoms with E-state index in [2.05, 4.69) is 31.1 Å². The van der Waals surface area contributed by atoms with Crippen LogP contribution in [0.2, 0.25) is 0 Å². The lowest BCUT2D eigenvalue weighted by molar-refractivity contribution is 0.380. The number of nitrogens with zero attached hydrogens (tertiary/aromatic N) is 1. The van der Waals surface area contributed by atoms with Gasteiger partial charge in [-0.25, -0.2) is 4.98 Å². The topological polar surface area (TPSA) is 24.9 Å². The summed E-state index contributed by atoms with van der Waals surface area (Å²) in [5.41, 5.74) is 1.19. The number of aromatic nitrogens is 1. The van der Waals surface area contributed by atoms with Gasteiger partial charge in [-0.1, -0.05) is 12.8 Å². The van der Waals surface area contributed by atoms with Gasteiger partial charge in [0.25, 0.3) is 0 Å². The number of rotatable bonds is 4. The highest BCUT2D eigenvalue weighted by Crippen LogP contribution is 2.27. The largest absolute Gasteiger partial charge is 0.308 e. The first-order valence-corrected chi connectivity index (χ1v) is 7.14. The van der Waals surface area contributed by atoms with Crippen molar-refractivity contribution < 1.29 is 0 Å². The van der Waals surface area contributed by atoms with E-state index in [0.29, 0.717) is 6.04 Å². The van der Waals surface area contributed by atoms with Gasteiger partial charge < -0.3 is 5.32 Å². The molecule has 16 heavy (non-hydrogen) atoms. The van der Waals surface area contributed by atoms with Crippen LogP contribution in [-0.2, 0) is 6.54 Å². The summed E-state index contributed by atoms with van der Waals surface area (Å²) in [7, 11) is 0. The standard InChI is InChI=1S/C13H22N2S/c1-9-11(3)16-13(15-9)8-14-10(2)12-6-4-5-7-12/h10,12,14H,4-8H2,1-3H3. The predicted octanol–water partition coefficient (Wildman–Crippen LogP) is 3.43. The molecule has 1 atom stereocenters. The number of thiazole rings is 1. The van der Waals surface area contributed by atoms with Crippen LogP contribution in [0.25, 0.3) is 0 Å². The Labute approximate surface area is 102 Å². The Kier molecular flexibility index (Phi) is 3.98. The molecular weight excluding hydrogens is 216 g/mol. The smallest absolute Gasteiger partial charge is 0.107 e. The van der Waals surface area contributed by atoms with E-state index in [1.54, 1.807) is 0 Å². The molecule has 1 aromatic rings. The SMILES string of the molecule is Cc1nc(CNC(C)C2CCCC2)sc1C. The predicted molar refractivity (Wildman–Crippen MR) is 69.8 cm³/mol. The zero-order valence-corrected chi connectivity index (χ0v) is 11.4. The molecule has 2 nitrogen and oxygen atoms in total. The number of nitrogens with one attached hydrogen (secondary N) is 1. The van der Waals surface area contributed by atoms with Gasteiger partial charge >= 0.3 is 0 Å². The lowest BCUT2D eigenvalue weighted by Gasteiger charge is -2.19. The molecule has 0 radical (unpaired) electrons. The molecule has 1 unspecified atom stereocenters. The zero-order chi connectivity index (χ0) is 11.5. The molecule has 0 aromatic carbocycles. The van der Waals surface area contributed by atoms with Gasteiger partial charge in [-0.05, 0) is 39.5 Å². The molecule has 1 N–H and O–H groups in total. The second-order valence-electron chi connectivity index (χ2n) is 4.96. The normalized spacial score (nSPS) is 19.2. The van der Waals surface area contributed by atoms with Crippen LogP contribution in [0.3, 0.4) is 0 Å². The quantitative estimate of drug-likeness (QED) is 0.869. The second-order valence-corrected chi connectivity index (χ2v) is 6.25. The summed E-state index contributed by atoms with van der Waals surface area (Å²) in [4.78, 5) is 5.92. The van der Waals surface area contributed by atoms with Crippen molar-refractivity contribution in [2.24, 2.45) is 5.92 Å². The summed E-state index contributed by atoms with van der Waals surface area (Å²) in [5.74, 6) is 0.891. The van der Waals surface area contributed by atoms with Crippen molar-refractivity contribution in [1.29, 1.82) is 0 Å². The molecule has 1 aromatic heterocycles. The molecule has 1 aliphatic rings. The second kappa shape index (κ2) is 5.28. The third kappa shape index (κ3) is 2.83. The van der Waals surface area contributed by atoms with Crippen LogP contribution in [0.5, 0.6) is 0 Å². The highest BCUT2D eigenvalue weighted by atomic mass is 32.1. The Morgan fingerprint density at radius 3 is 2.62 bits per heavy atom. The first kappa shape index (κ1) is 12.1. The number of hydrogen-bond donors (Lipinski definition) is 1. The first-order valence-electron chi connectivity index (χ1n) is 6.33. The Balaban J connectivity index is 1.82. The molecule has 0 bridgehead atoms. The van der Waals surface area contributed by atoms with Crippen LogP contribution >= 0.6 is 11.3 Å². The van der Waals surface area contributed by atoms with Gasteiger partial charge in [-0.3, -0.25) is 0 Å². The summed E-state index contributed by atoms with van der Waals surface area (Å²) in [6, 6.07) is 0.645. The molecule has 0 aliphatic heterocycles. The van der Waals surface area contributed by atoms with E-state index in [-0.39, 0.29) is 0 Å². The maximum absolute atomic E-state index is 4.56. The summed E-state index contributed by atoms with van der Waals surface area (Å²) >= 11 is 1.83. The average Bonchev–Trinajstić information content (AvgIpc) is 2.86. The van der Waals surface area contributed by atoms with Crippen molar-refractivity contribution in [3.63, 3.8) is 0 Å². The summed E-state index contributed by atoms with van der Waals surface area (Å²) < 4.78 is 0. The Hall–Kier alpha value is -0.410. The molecule has 0 spiro atoms. The Bertz CT molecular complexity index is 320. The first-order chi connectivity index (χ1) is 7.66. The Morgan fingerprint density at radius 1 is 1.38 bits per heavy atom. The zero-order valence-electron chi connectivity index (χ0n) is 10.5. The summed E-state index contributed by atoms with van der Waals surface area (Å²) in [5, 5.41) is 4.87. The fraction of sp³-hybridized carbons (Fsp3) is 0.769. The minimum Gasteiger partial charge on any atom is -0.308 e. The minimum absolute atomic E-state index is 0.645. The van der Waals surface area contributed by atoms with E-state index in [9.17, 15) is 0 Å². The van der Waals surface area contributed by atoms with Gasteiger partial charge in [0.15, 0.2) is 0 Å². The van der Waals surface area contributed by atoms with E-state index >= 15 is 0 Å². The fourth-order valence-corrected chi connectivity index (χ4v) is 3.37. The van der Waals surface area contributed by atoms with Gasteiger partial charge in [0, 0.05) is 17.5 Å². The highest BCUT2D eigenvalue weighted by molar-refractivity contribution is 7.11. The van der Waals surface area contributed by atoms with Crippen LogP contribution in [0.4, 0.5) is 0 Å². The lowest BCUT2D eigenvalue weighted by Crippen LogP contribution is -2.31. The maximum Gasteiger partial charge on any atom is 0.107 e. The van der Waals surface area contributed by atoms with Crippen molar-refractivity contribution in [3.05, 3.63) is 15.6 Å². The molecule has 1 heterocycles. The van der Waals surface area contributed by atoms with Gasteiger partial charge in [0.05, 0.1) is 5.69 Å². The third-order valence-electron chi connectivity index (χ3n) is 3.76. The summed E-state index contributed by atoms with van der Waals surface area (Å²) in [6.45, 7) is 7.51. The van der Waals surface area contributed by atoms with Crippen molar-refractivity contribution in [2.45, 2.75) is 59.0 Å². The maximum atomic E-state index is 4.56. The number of hydrogen-bond acceptors (Lipinski definition) is 3. The van der Waals surface area contributed by atoms with E-state index in [1.807, 2.05) is 11.3 Å². The molecule has 2 rings (SSSR count). The molecule has 1 saturated carbocycles. The van der Waals surface area contributed by atoms with Crippen LogP contribution < -0.4 is 5.32 Å². The van der Waals surface area contributed by atoms with Crippen molar-refractivity contribution >= 4 is 11.3 Å². The van der Waals surface area contributed by atoms with E-state index in [1.165, 1.54) is 41.3 Å². The van der Waals surface area contributed by atoms with E-state index < -0.39 is 0 Å². The van der Waals surface area contributed by atoms with E-state index in [4.69, 9.17) is 0 Å². The van der Waals surface area contributed by atoms with Gasteiger partial charge in [-0.2, -0.15) is 0 Å². The van der Waals surface area contributed by atoms with Gasteiger partial charge in [-0.15, -0.1) is 11.3 Å². The minimum atomic E-state index is 0.645. The van der Waals surface area contributed by atoms with Gasteiger partial charge in [0.2, 0.25) is 0 Å². The monoisotopic (exact) mass is 238 g/mol. The molecular formula is C13H22N2S. The molecule has 3 heteroatoms. The summed E-state index contributed by atoms with van der Waals surface area (Å²) in [6.07, 6.45) is 5.66. The molecule has 90 valence electrons. The van der Waals surface area contributed by atoms with Crippen LogP contribution in [0.1, 0.15) is 48.2 Å². The molecule has 0 saturated heterocycles. The molecule has 0 amide bonds. The number of aryl methyl sites for hydroxylation is 2. The van der Waals surface area contributed by atoms with Crippen LogP contribution in [-0.4, -0.2) is 11.0 Å². The van der Waals surface area contributed by atoms with Crippen LogP contribution in [0, 0.1) is 19.8 Å². The average molecular weight is 238 g/mol. The fourth-order valence-electron chi connectivity index (χ4n) is 2.49.